The van der Waals surface area contributed by atoms with Crippen LogP contribution in [-0.4, -0.2) is 6.30 Å². The molecule has 0 fully saturated rings. The summed E-state index contributed by atoms with van der Waals surface area (Å²) in [6.07, 6.45) is -0.666. The van der Waals surface area contributed by atoms with Gasteiger partial charge < -0.3 is 0 Å². The average Bonchev–Trinajstić information content (AvgIpc) is 1.87. The molecule has 0 rings (SSSR count). The molecule has 3 nitrogen and oxygen atoms in total. The fourth-order valence-electron chi connectivity index (χ4n) is 0.358. The van der Waals surface area contributed by atoms with Gasteiger partial charge in [0.15, 0.2) is 6.30 Å². The second-order valence-corrected chi connectivity index (χ2v) is 1.96. The van der Waals surface area contributed by atoms with Crippen molar-refractivity contribution in [1.82, 2.24) is 0 Å². The van der Waals surface area contributed by atoms with Crippen LogP contribution in [0.1, 0.15) is 20.3 Å². The molecule has 0 radical (unpaired) electrons. The molecule has 0 amide bonds. The second-order valence-electron chi connectivity index (χ2n) is 1.96. The maximum atomic E-state index is 12.4. The SMILES string of the molecule is CCC(C)C(F)N=[N+]=[N-]. The van der Waals surface area contributed by atoms with Gasteiger partial charge in [-0.15, -0.1) is 0 Å². The molecule has 0 bridgehead atoms. The van der Waals surface area contributed by atoms with Crippen LogP contribution in [0, 0.1) is 5.92 Å². The lowest BCUT2D eigenvalue weighted by molar-refractivity contribution is 0.244. The molecule has 2 atom stereocenters. The molecule has 0 aliphatic rings. The minimum Gasteiger partial charge on any atom is -0.241 e. The maximum absolute atomic E-state index is 12.4. The van der Waals surface area contributed by atoms with Crippen molar-refractivity contribution in [3.63, 3.8) is 0 Å². The zero-order valence-electron chi connectivity index (χ0n) is 5.58. The van der Waals surface area contributed by atoms with E-state index in [0.29, 0.717) is 6.42 Å². The minimum atomic E-state index is -1.36. The monoisotopic (exact) mass is 131 g/mol. The molecule has 0 spiro atoms. The van der Waals surface area contributed by atoms with Gasteiger partial charge in [-0.2, -0.15) is 0 Å². The Labute approximate surface area is 53.5 Å². The van der Waals surface area contributed by atoms with E-state index in [1.54, 1.807) is 6.92 Å². The molecule has 0 saturated carbocycles. The van der Waals surface area contributed by atoms with Gasteiger partial charge in [-0.05, 0) is 11.4 Å². The molecule has 0 aromatic heterocycles. The molecular formula is C5H10FN3. The zero-order chi connectivity index (χ0) is 7.28. The quantitative estimate of drug-likeness (QED) is 0.244. The van der Waals surface area contributed by atoms with Gasteiger partial charge in [0.25, 0.3) is 0 Å². The standard InChI is InChI=1S/C5H10FN3/c1-3-4(2)5(6)8-9-7/h4-5H,3H2,1-2H3. The molecule has 0 aromatic carbocycles. The Bertz CT molecular complexity index is 119. The van der Waals surface area contributed by atoms with E-state index in [0.717, 1.165) is 0 Å². The predicted octanol–water partition coefficient (Wildman–Crippen LogP) is 2.64. The van der Waals surface area contributed by atoms with Crippen molar-refractivity contribution < 1.29 is 4.39 Å². The molecule has 0 heterocycles. The van der Waals surface area contributed by atoms with Crippen LogP contribution in [-0.2, 0) is 0 Å². The summed E-state index contributed by atoms with van der Waals surface area (Å²) in [7, 11) is 0. The van der Waals surface area contributed by atoms with Crippen LogP contribution >= 0.6 is 0 Å². The lowest BCUT2D eigenvalue weighted by Gasteiger charge is -2.06. The van der Waals surface area contributed by atoms with E-state index >= 15 is 0 Å². The van der Waals surface area contributed by atoms with Gasteiger partial charge in [0.1, 0.15) is 0 Å². The van der Waals surface area contributed by atoms with Crippen LogP contribution in [0.25, 0.3) is 10.4 Å². The summed E-state index contributed by atoms with van der Waals surface area (Å²) in [5.41, 5.74) is 7.80. The van der Waals surface area contributed by atoms with E-state index in [4.69, 9.17) is 5.53 Å². The fraction of sp³-hybridized carbons (Fsp3) is 1.00. The van der Waals surface area contributed by atoms with E-state index in [-0.39, 0.29) is 5.92 Å². The number of halogens is 1. The minimum absolute atomic E-state index is 0.166. The first-order chi connectivity index (χ1) is 4.22. The van der Waals surface area contributed by atoms with E-state index < -0.39 is 6.30 Å². The van der Waals surface area contributed by atoms with Gasteiger partial charge in [-0.1, -0.05) is 25.4 Å². The Morgan fingerprint density at radius 2 is 2.33 bits per heavy atom. The zero-order valence-corrected chi connectivity index (χ0v) is 5.58. The van der Waals surface area contributed by atoms with Crippen molar-refractivity contribution >= 4 is 0 Å². The van der Waals surface area contributed by atoms with Gasteiger partial charge in [-0.3, -0.25) is 0 Å². The van der Waals surface area contributed by atoms with Gasteiger partial charge in [0.05, 0.1) is 0 Å². The number of hydrogen-bond donors (Lipinski definition) is 0. The maximum Gasteiger partial charge on any atom is 0.181 e. The number of azide groups is 1. The first-order valence-corrected chi connectivity index (χ1v) is 2.90. The lowest BCUT2D eigenvalue weighted by atomic mass is 10.1. The number of hydrogen-bond acceptors (Lipinski definition) is 1. The molecule has 9 heavy (non-hydrogen) atoms. The van der Waals surface area contributed by atoms with E-state index in [1.165, 1.54) is 0 Å². The highest BCUT2D eigenvalue weighted by Gasteiger charge is 2.10. The van der Waals surface area contributed by atoms with Crippen molar-refractivity contribution in [2.45, 2.75) is 26.6 Å². The molecule has 4 heteroatoms. The Kier molecular flexibility index (Phi) is 3.80. The normalized spacial score (nSPS) is 15.9. The third-order valence-electron chi connectivity index (χ3n) is 1.28. The van der Waals surface area contributed by atoms with Gasteiger partial charge in [-0.25, -0.2) is 4.39 Å². The Morgan fingerprint density at radius 1 is 1.78 bits per heavy atom. The van der Waals surface area contributed by atoms with Gasteiger partial charge in [0, 0.05) is 4.91 Å². The highest BCUT2D eigenvalue weighted by Crippen LogP contribution is 2.11. The molecule has 52 valence electrons. The summed E-state index contributed by atoms with van der Waals surface area (Å²) in [6, 6.07) is 0. The fourth-order valence-corrected chi connectivity index (χ4v) is 0.358. The topological polar surface area (TPSA) is 48.8 Å². The summed E-state index contributed by atoms with van der Waals surface area (Å²) in [5.74, 6) is -0.166. The summed E-state index contributed by atoms with van der Waals surface area (Å²) < 4.78 is 12.4. The second kappa shape index (κ2) is 4.15. The van der Waals surface area contributed by atoms with Gasteiger partial charge in [0.2, 0.25) is 0 Å². The largest absolute Gasteiger partial charge is 0.241 e. The van der Waals surface area contributed by atoms with Crippen molar-refractivity contribution in [3.05, 3.63) is 10.4 Å². The Morgan fingerprint density at radius 3 is 2.67 bits per heavy atom. The third kappa shape index (κ3) is 2.93. The van der Waals surface area contributed by atoms with Crippen LogP contribution in [0.4, 0.5) is 4.39 Å². The molecule has 0 aromatic rings. The first-order valence-electron chi connectivity index (χ1n) is 2.90. The summed E-state index contributed by atoms with van der Waals surface area (Å²) >= 11 is 0. The van der Waals surface area contributed by atoms with E-state index in [2.05, 4.69) is 10.0 Å². The van der Waals surface area contributed by atoms with Crippen molar-refractivity contribution in [2.24, 2.45) is 11.0 Å². The van der Waals surface area contributed by atoms with Crippen molar-refractivity contribution in [3.8, 4) is 0 Å². The van der Waals surface area contributed by atoms with E-state index in [1.807, 2.05) is 6.92 Å². The molecule has 2 unspecified atom stereocenters. The predicted molar refractivity (Wildman–Crippen MR) is 33.5 cm³/mol. The van der Waals surface area contributed by atoms with E-state index in [9.17, 15) is 4.39 Å². The van der Waals surface area contributed by atoms with Gasteiger partial charge >= 0.3 is 0 Å². The van der Waals surface area contributed by atoms with Crippen LogP contribution in [0.2, 0.25) is 0 Å². The molecule has 0 aliphatic carbocycles. The Balaban J connectivity index is 3.71. The highest BCUT2D eigenvalue weighted by molar-refractivity contribution is 4.60. The lowest BCUT2D eigenvalue weighted by Crippen LogP contribution is -2.06. The summed E-state index contributed by atoms with van der Waals surface area (Å²) in [4.78, 5) is 2.35. The third-order valence-corrected chi connectivity index (χ3v) is 1.28. The van der Waals surface area contributed by atoms with Crippen LogP contribution in [0.3, 0.4) is 0 Å². The number of rotatable bonds is 3. The average molecular weight is 131 g/mol. The van der Waals surface area contributed by atoms with Crippen LogP contribution in [0.15, 0.2) is 5.11 Å². The van der Waals surface area contributed by atoms with Crippen molar-refractivity contribution in [2.75, 3.05) is 0 Å². The first kappa shape index (κ1) is 8.24. The van der Waals surface area contributed by atoms with Crippen LogP contribution in [0.5, 0.6) is 0 Å². The Hall–Kier alpha value is -0.760. The smallest absolute Gasteiger partial charge is 0.181 e. The summed E-state index contributed by atoms with van der Waals surface area (Å²) in [5, 5.41) is 2.91. The summed E-state index contributed by atoms with van der Waals surface area (Å²) in [6.45, 7) is 3.56. The number of nitrogens with zero attached hydrogens (tertiary/aromatic N) is 3. The molecule has 0 N–H and O–H groups in total. The molecular weight excluding hydrogens is 121 g/mol. The molecule has 0 saturated heterocycles. The number of alkyl halides is 1. The highest BCUT2D eigenvalue weighted by atomic mass is 19.1. The van der Waals surface area contributed by atoms with Crippen molar-refractivity contribution in [1.29, 1.82) is 0 Å². The molecule has 0 aliphatic heterocycles. The van der Waals surface area contributed by atoms with Crippen LogP contribution < -0.4 is 0 Å².